The van der Waals surface area contributed by atoms with Crippen molar-refractivity contribution in [2.24, 2.45) is 0 Å². The first kappa shape index (κ1) is 17.0. The Balaban J connectivity index is 1.87. The van der Waals surface area contributed by atoms with Gasteiger partial charge in [0.2, 0.25) is 5.91 Å². The van der Waals surface area contributed by atoms with Crippen molar-refractivity contribution in [2.75, 3.05) is 23.8 Å². The van der Waals surface area contributed by atoms with Crippen LogP contribution < -0.4 is 10.6 Å². The maximum Gasteiger partial charge on any atom is 0.338 e. The van der Waals surface area contributed by atoms with Gasteiger partial charge in [-0.1, -0.05) is 6.07 Å². The highest BCUT2D eigenvalue weighted by atomic mass is 16.5. The monoisotopic (exact) mass is 323 g/mol. The van der Waals surface area contributed by atoms with Gasteiger partial charge >= 0.3 is 5.97 Å². The summed E-state index contributed by atoms with van der Waals surface area (Å²) in [6, 6.07) is 15.4. The van der Waals surface area contributed by atoms with E-state index in [0.717, 1.165) is 0 Å². The fourth-order valence-electron chi connectivity index (χ4n) is 1.99. The molecule has 0 saturated heterocycles. The smallest absolute Gasteiger partial charge is 0.338 e. The number of ether oxygens (including phenoxy) is 1. The number of anilines is 2. The molecular weight excluding hydrogens is 306 g/mol. The van der Waals surface area contributed by atoms with Crippen molar-refractivity contribution in [3.8, 4) is 6.07 Å². The van der Waals surface area contributed by atoms with E-state index in [2.05, 4.69) is 10.6 Å². The Morgan fingerprint density at radius 1 is 1.12 bits per heavy atom. The van der Waals surface area contributed by atoms with E-state index in [9.17, 15) is 9.59 Å². The van der Waals surface area contributed by atoms with Crippen molar-refractivity contribution < 1.29 is 14.3 Å². The van der Waals surface area contributed by atoms with Crippen LogP contribution in [0.15, 0.2) is 48.5 Å². The van der Waals surface area contributed by atoms with Gasteiger partial charge in [0, 0.05) is 11.4 Å². The van der Waals surface area contributed by atoms with E-state index in [1.807, 2.05) is 6.07 Å². The molecular formula is C18H17N3O3. The Bertz CT molecular complexity index is 764. The van der Waals surface area contributed by atoms with Crippen molar-refractivity contribution in [1.82, 2.24) is 0 Å². The van der Waals surface area contributed by atoms with Crippen LogP contribution in [0.5, 0.6) is 0 Å². The summed E-state index contributed by atoms with van der Waals surface area (Å²) in [4.78, 5) is 23.5. The van der Waals surface area contributed by atoms with E-state index in [4.69, 9.17) is 10.00 Å². The second kappa shape index (κ2) is 8.34. The first-order valence-electron chi connectivity index (χ1n) is 7.43. The van der Waals surface area contributed by atoms with Crippen LogP contribution in [0.4, 0.5) is 11.4 Å². The summed E-state index contributed by atoms with van der Waals surface area (Å²) in [5.74, 6) is -0.612. The lowest BCUT2D eigenvalue weighted by atomic mass is 10.2. The SMILES string of the molecule is CCOC(=O)c1ccc(NCC(=O)Nc2cccc(C#N)c2)cc1. The number of carbonyl (C=O) groups excluding carboxylic acids is 2. The second-order valence-corrected chi connectivity index (χ2v) is 4.89. The topological polar surface area (TPSA) is 91.2 Å². The van der Waals surface area contributed by atoms with Gasteiger partial charge in [0.05, 0.1) is 30.3 Å². The number of nitrogens with one attached hydrogen (secondary N) is 2. The lowest BCUT2D eigenvalue weighted by Crippen LogP contribution is -2.21. The number of nitrogens with zero attached hydrogens (tertiary/aromatic N) is 1. The molecule has 1 amide bonds. The number of amides is 1. The molecule has 0 aliphatic heterocycles. The highest BCUT2D eigenvalue weighted by molar-refractivity contribution is 5.94. The largest absolute Gasteiger partial charge is 0.462 e. The molecule has 0 spiro atoms. The summed E-state index contributed by atoms with van der Waals surface area (Å²) >= 11 is 0. The lowest BCUT2D eigenvalue weighted by Gasteiger charge is -2.08. The van der Waals surface area contributed by atoms with Crippen molar-refractivity contribution in [3.63, 3.8) is 0 Å². The maximum absolute atomic E-state index is 11.9. The van der Waals surface area contributed by atoms with E-state index in [-0.39, 0.29) is 18.4 Å². The zero-order valence-electron chi connectivity index (χ0n) is 13.2. The van der Waals surface area contributed by atoms with Gasteiger partial charge in [-0.3, -0.25) is 4.79 Å². The van der Waals surface area contributed by atoms with Gasteiger partial charge in [-0.05, 0) is 49.4 Å². The molecule has 6 heteroatoms. The minimum Gasteiger partial charge on any atom is -0.462 e. The van der Waals surface area contributed by atoms with E-state index in [1.165, 1.54) is 0 Å². The number of hydrogen-bond donors (Lipinski definition) is 2. The predicted molar refractivity (Wildman–Crippen MR) is 90.7 cm³/mol. The molecule has 0 bridgehead atoms. The first-order chi connectivity index (χ1) is 11.6. The zero-order valence-corrected chi connectivity index (χ0v) is 13.2. The van der Waals surface area contributed by atoms with Crippen LogP contribution >= 0.6 is 0 Å². The Hall–Kier alpha value is -3.33. The van der Waals surface area contributed by atoms with Crippen LogP contribution in [0.1, 0.15) is 22.8 Å². The zero-order chi connectivity index (χ0) is 17.4. The van der Waals surface area contributed by atoms with Crippen LogP contribution in [-0.4, -0.2) is 25.0 Å². The Morgan fingerprint density at radius 3 is 2.54 bits per heavy atom. The fraction of sp³-hybridized carbons (Fsp3) is 0.167. The molecule has 0 unspecified atom stereocenters. The van der Waals surface area contributed by atoms with Crippen LogP contribution in [0.3, 0.4) is 0 Å². The normalized spacial score (nSPS) is 9.67. The number of nitriles is 1. The molecule has 0 fully saturated rings. The predicted octanol–water partition coefficient (Wildman–Crippen LogP) is 2.79. The molecule has 0 aromatic heterocycles. The van der Waals surface area contributed by atoms with Gasteiger partial charge < -0.3 is 15.4 Å². The van der Waals surface area contributed by atoms with Crippen molar-refractivity contribution in [1.29, 1.82) is 5.26 Å². The van der Waals surface area contributed by atoms with Gasteiger partial charge in [-0.2, -0.15) is 5.26 Å². The van der Waals surface area contributed by atoms with Crippen molar-refractivity contribution in [3.05, 3.63) is 59.7 Å². The number of hydrogen-bond acceptors (Lipinski definition) is 5. The van der Waals surface area contributed by atoms with Crippen molar-refractivity contribution >= 4 is 23.3 Å². The molecule has 2 N–H and O–H groups in total. The average Bonchev–Trinajstić information content (AvgIpc) is 2.61. The summed E-state index contributed by atoms with van der Waals surface area (Å²) in [7, 11) is 0. The summed E-state index contributed by atoms with van der Waals surface area (Å²) in [5.41, 5.74) is 2.22. The van der Waals surface area contributed by atoms with Crippen LogP contribution in [0.2, 0.25) is 0 Å². The molecule has 0 aliphatic carbocycles. The van der Waals surface area contributed by atoms with E-state index >= 15 is 0 Å². The van der Waals surface area contributed by atoms with E-state index < -0.39 is 0 Å². The Kier molecular flexibility index (Phi) is 5.92. The molecule has 0 saturated carbocycles. The quantitative estimate of drug-likeness (QED) is 0.798. The summed E-state index contributed by atoms with van der Waals surface area (Å²) in [6.45, 7) is 2.14. The highest BCUT2D eigenvalue weighted by Crippen LogP contribution is 2.12. The number of carbonyl (C=O) groups is 2. The summed E-state index contributed by atoms with van der Waals surface area (Å²) in [5, 5.41) is 14.5. The van der Waals surface area contributed by atoms with Crippen molar-refractivity contribution in [2.45, 2.75) is 6.92 Å². The second-order valence-electron chi connectivity index (χ2n) is 4.89. The summed E-state index contributed by atoms with van der Waals surface area (Å²) < 4.78 is 4.90. The molecule has 0 aliphatic rings. The van der Waals surface area contributed by atoms with Gasteiger partial charge in [0.25, 0.3) is 0 Å². The molecule has 2 rings (SSSR count). The number of rotatable bonds is 6. The molecule has 24 heavy (non-hydrogen) atoms. The summed E-state index contributed by atoms with van der Waals surface area (Å²) in [6.07, 6.45) is 0. The third kappa shape index (κ3) is 4.85. The highest BCUT2D eigenvalue weighted by Gasteiger charge is 2.06. The third-order valence-electron chi connectivity index (χ3n) is 3.12. The van der Waals surface area contributed by atoms with E-state index in [1.54, 1.807) is 55.5 Å². The Morgan fingerprint density at radius 2 is 1.88 bits per heavy atom. The lowest BCUT2D eigenvalue weighted by molar-refractivity contribution is -0.114. The Labute approximate surface area is 140 Å². The van der Waals surface area contributed by atoms with Crippen LogP contribution in [0.25, 0.3) is 0 Å². The van der Waals surface area contributed by atoms with Gasteiger partial charge in [-0.25, -0.2) is 4.79 Å². The molecule has 2 aromatic carbocycles. The molecule has 6 nitrogen and oxygen atoms in total. The number of esters is 1. The molecule has 0 heterocycles. The fourth-order valence-corrected chi connectivity index (χ4v) is 1.99. The van der Waals surface area contributed by atoms with Gasteiger partial charge in [-0.15, -0.1) is 0 Å². The van der Waals surface area contributed by atoms with Crippen LogP contribution in [0, 0.1) is 11.3 Å². The molecule has 0 atom stereocenters. The minimum atomic E-state index is -0.376. The average molecular weight is 323 g/mol. The van der Waals surface area contributed by atoms with E-state index in [0.29, 0.717) is 29.1 Å². The molecule has 0 radical (unpaired) electrons. The van der Waals surface area contributed by atoms with Crippen LogP contribution in [-0.2, 0) is 9.53 Å². The standard InChI is InChI=1S/C18H17N3O3/c1-2-24-18(23)14-6-8-15(9-7-14)20-12-17(22)21-16-5-3-4-13(10-16)11-19/h3-10,20H,2,12H2,1H3,(H,21,22). The third-order valence-corrected chi connectivity index (χ3v) is 3.12. The van der Waals surface area contributed by atoms with Gasteiger partial charge in [0.1, 0.15) is 0 Å². The maximum atomic E-state index is 11.9. The molecule has 122 valence electrons. The molecule has 2 aromatic rings. The van der Waals surface area contributed by atoms with Gasteiger partial charge in [0.15, 0.2) is 0 Å². The first-order valence-corrected chi connectivity index (χ1v) is 7.43. The number of benzene rings is 2. The minimum absolute atomic E-state index is 0.0650.